The van der Waals surface area contributed by atoms with Gasteiger partial charge in [-0.2, -0.15) is 0 Å². The van der Waals surface area contributed by atoms with Gasteiger partial charge in [-0.05, 0) is 88.0 Å². The van der Waals surface area contributed by atoms with Gasteiger partial charge in [0.1, 0.15) is 11.6 Å². The minimum atomic E-state index is -0.865. The molecule has 3 atom stereocenters. The van der Waals surface area contributed by atoms with Crippen molar-refractivity contribution in [2.75, 3.05) is 26.3 Å². The number of nitrogens with one attached hydrogen (secondary N) is 1. The summed E-state index contributed by atoms with van der Waals surface area (Å²) >= 11 is 3.40. The predicted molar refractivity (Wildman–Crippen MR) is 186 cm³/mol. The normalized spacial score (nSPS) is 19.6. The lowest BCUT2D eigenvalue weighted by molar-refractivity contribution is -0.132. The summed E-state index contributed by atoms with van der Waals surface area (Å²) in [6, 6.07) is 20.5. The molecule has 3 aliphatic rings. The van der Waals surface area contributed by atoms with Crippen molar-refractivity contribution in [1.82, 2.24) is 15.1 Å². The molecule has 2 heterocycles. The fourth-order valence-electron chi connectivity index (χ4n) is 6.86. The van der Waals surface area contributed by atoms with Gasteiger partial charge in [0.15, 0.2) is 0 Å². The number of aryl methyl sites for hydroxylation is 1. The van der Waals surface area contributed by atoms with E-state index >= 15 is 0 Å². The molecule has 2 unspecified atom stereocenters. The summed E-state index contributed by atoms with van der Waals surface area (Å²) < 4.78 is 20.1. The highest BCUT2D eigenvalue weighted by Gasteiger charge is 2.43. The zero-order chi connectivity index (χ0) is 33.8. The molecule has 1 aliphatic carbocycles. The number of hydrogen-bond donors (Lipinski definition) is 3. The Balaban J connectivity index is 1.24. The maximum absolute atomic E-state index is 14.7. The van der Waals surface area contributed by atoms with E-state index < -0.39 is 6.10 Å². The Bertz CT molecular complexity index is 1660. The van der Waals surface area contributed by atoms with Crippen LogP contribution < -0.4 is 10.1 Å². The zero-order valence-corrected chi connectivity index (χ0v) is 28.8. The molecule has 3 N–H and O–H groups in total. The van der Waals surface area contributed by atoms with Gasteiger partial charge in [0.25, 0.3) is 5.91 Å². The Morgan fingerprint density at radius 3 is 2.54 bits per heavy atom. The van der Waals surface area contributed by atoms with Crippen LogP contribution >= 0.6 is 15.9 Å². The van der Waals surface area contributed by atoms with Crippen LogP contribution in [0.25, 0.3) is 5.57 Å². The zero-order valence-electron chi connectivity index (χ0n) is 27.2. The summed E-state index contributed by atoms with van der Waals surface area (Å²) in [5, 5.41) is 23.3. The van der Waals surface area contributed by atoms with E-state index in [1.807, 2.05) is 34.1 Å². The molecule has 10 heteroatoms. The van der Waals surface area contributed by atoms with Crippen LogP contribution in [0.5, 0.6) is 5.75 Å². The number of ether oxygens (including phenoxy) is 1. The molecule has 2 amide bonds. The Kier molecular flexibility index (Phi) is 10.9. The van der Waals surface area contributed by atoms with Gasteiger partial charge >= 0.3 is 0 Å². The summed E-state index contributed by atoms with van der Waals surface area (Å²) in [5.41, 5.74) is 5.78. The van der Waals surface area contributed by atoms with Crippen LogP contribution in [0.1, 0.15) is 54.9 Å². The molecule has 3 aromatic carbocycles. The van der Waals surface area contributed by atoms with Gasteiger partial charge in [0.05, 0.1) is 29.8 Å². The van der Waals surface area contributed by atoms with Crippen LogP contribution in [0.15, 0.2) is 76.8 Å². The van der Waals surface area contributed by atoms with Crippen molar-refractivity contribution in [3.63, 3.8) is 0 Å². The topological polar surface area (TPSA) is 102 Å². The van der Waals surface area contributed by atoms with Crippen LogP contribution in [-0.4, -0.2) is 82.4 Å². The molecule has 3 aromatic rings. The summed E-state index contributed by atoms with van der Waals surface area (Å²) in [6.45, 7) is 3.16. The first-order chi connectivity index (χ1) is 23.2. The van der Waals surface area contributed by atoms with E-state index in [-0.39, 0.29) is 42.4 Å². The summed E-state index contributed by atoms with van der Waals surface area (Å²) in [5.74, 6) is 0.141. The minimum Gasteiger partial charge on any atom is -0.492 e. The van der Waals surface area contributed by atoms with Gasteiger partial charge in [0.2, 0.25) is 5.91 Å². The molecular formula is C38H43BrFN3O5. The molecule has 2 aliphatic heterocycles. The number of halogens is 2. The third-order valence-electron chi connectivity index (χ3n) is 9.52. The Morgan fingerprint density at radius 1 is 1.08 bits per heavy atom. The van der Waals surface area contributed by atoms with Crippen LogP contribution in [0, 0.1) is 5.82 Å². The van der Waals surface area contributed by atoms with E-state index in [9.17, 15) is 24.2 Å². The standard InChI is InChI=1S/C38H43BrFN3O5/c1-24(45)42-21-30-19-33(26-10-8-25(9-11-26)5-4-16-48-36-18-29(40)12-15-34(36)39)37(35(22-42)41-30)38(47)43(31-13-14-31)20-28-7-3-2-6-27(28)17-32(46)23-44/h2-3,6-12,15,18,30-32,35,41,44,46H,4-5,13-14,16-17,19-23H2,1H3/t30?,32-,35?/m0/s1. The Labute approximate surface area is 289 Å². The molecule has 0 spiro atoms. The van der Waals surface area contributed by atoms with Crippen LogP contribution in [-0.2, 0) is 29.0 Å². The van der Waals surface area contributed by atoms with Gasteiger partial charge in [0, 0.05) is 56.7 Å². The number of hydrogen-bond acceptors (Lipinski definition) is 6. The fraction of sp³-hybridized carbons (Fsp3) is 0.421. The third kappa shape index (κ3) is 8.17. The number of benzene rings is 3. The maximum atomic E-state index is 14.7. The number of fused-ring (bicyclic) bond motifs is 2. The molecule has 8 nitrogen and oxygen atoms in total. The second-order valence-corrected chi connectivity index (χ2v) is 14.0. The number of carbonyl (C=O) groups is 2. The number of nitrogens with zero attached hydrogens (tertiary/aromatic N) is 2. The lowest BCUT2D eigenvalue weighted by Gasteiger charge is -2.44. The highest BCUT2D eigenvalue weighted by molar-refractivity contribution is 9.10. The van der Waals surface area contributed by atoms with E-state index in [0.29, 0.717) is 44.8 Å². The SMILES string of the molecule is CC(=O)N1CC2CC(c3ccc(CCCOc4cc(F)ccc4Br)cc3)=C(C(=O)N(Cc3ccccc3C[C@H](O)CO)C3CC3)C(C1)N2. The average Bonchev–Trinajstić information content (AvgIpc) is 3.93. The monoisotopic (exact) mass is 719 g/mol. The van der Waals surface area contributed by atoms with Gasteiger partial charge in [-0.25, -0.2) is 4.39 Å². The largest absolute Gasteiger partial charge is 0.492 e. The van der Waals surface area contributed by atoms with Gasteiger partial charge in [-0.3, -0.25) is 9.59 Å². The quantitative estimate of drug-likeness (QED) is 0.214. The van der Waals surface area contributed by atoms with Gasteiger partial charge < -0.3 is 30.1 Å². The molecule has 0 radical (unpaired) electrons. The van der Waals surface area contributed by atoms with E-state index in [1.54, 1.807) is 13.0 Å². The van der Waals surface area contributed by atoms with Crippen molar-refractivity contribution in [1.29, 1.82) is 0 Å². The average molecular weight is 721 g/mol. The number of amides is 2. The van der Waals surface area contributed by atoms with E-state index in [2.05, 4.69) is 45.5 Å². The lowest BCUT2D eigenvalue weighted by atomic mass is 9.82. The molecule has 0 aromatic heterocycles. The number of piperazine rings is 1. The van der Waals surface area contributed by atoms with Crippen LogP contribution in [0.4, 0.5) is 4.39 Å². The molecule has 2 bridgehead atoms. The number of aliphatic hydroxyl groups excluding tert-OH is 2. The highest BCUT2D eigenvalue weighted by Crippen LogP contribution is 2.38. The van der Waals surface area contributed by atoms with Crippen molar-refractivity contribution in [3.05, 3.63) is 105 Å². The number of rotatable bonds is 13. The molecule has 254 valence electrons. The predicted octanol–water partition coefficient (Wildman–Crippen LogP) is 5.03. The van der Waals surface area contributed by atoms with Crippen molar-refractivity contribution in [2.24, 2.45) is 0 Å². The second kappa shape index (κ2) is 15.3. The smallest absolute Gasteiger partial charge is 0.252 e. The van der Waals surface area contributed by atoms with Crippen molar-refractivity contribution < 1.29 is 28.9 Å². The third-order valence-corrected chi connectivity index (χ3v) is 10.2. The fourth-order valence-corrected chi connectivity index (χ4v) is 7.22. The molecule has 1 saturated carbocycles. The molecule has 2 fully saturated rings. The van der Waals surface area contributed by atoms with Crippen molar-refractivity contribution >= 4 is 33.3 Å². The highest BCUT2D eigenvalue weighted by atomic mass is 79.9. The first kappa shape index (κ1) is 34.3. The van der Waals surface area contributed by atoms with Crippen LogP contribution in [0.2, 0.25) is 0 Å². The van der Waals surface area contributed by atoms with Crippen molar-refractivity contribution in [3.8, 4) is 5.75 Å². The number of aliphatic hydroxyl groups is 2. The summed E-state index contributed by atoms with van der Waals surface area (Å²) in [7, 11) is 0. The molecule has 1 saturated heterocycles. The maximum Gasteiger partial charge on any atom is 0.252 e. The van der Waals surface area contributed by atoms with Gasteiger partial charge in [-0.1, -0.05) is 48.5 Å². The lowest BCUT2D eigenvalue weighted by Crippen LogP contribution is -2.61. The van der Waals surface area contributed by atoms with E-state index in [0.717, 1.165) is 63.6 Å². The number of carbonyl (C=O) groups excluding carboxylic acids is 2. The van der Waals surface area contributed by atoms with E-state index in [1.165, 1.54) is 12.1 Å². The summed E-state index contributed by atoms with van der Waals surface area (Å²) in [6.07, 6.45) is 3.50. The van der Waals surface area contributed by atoms with Gasteiger partial charge in [-0.15, -0.1) is 0 Å². The molecule has 6 rings (SSSR count). The van der Waals surface area contributed by atoms with E-state index in [4.69, 9.17) is 4.74 Å². The first-order valence-corrected chi connectivity index (χ1v) is 17.6. The Morgan fingerprint density at radius 2 is 1.83 bits per heavy atom. The van der Waals surface area contributed by atoms with Crippen molar-refractivity contribution in [2.45, 2.75) is 76.2 Å². The first-order valence-electron chi connectivity index (χ1n) is 16.8. The molecular weight excluding hydrogens is 677 g/mol. The Hall–Kier alpha value is -3.57. The molecule has 48 heavy (non-hydrogen) atoms. The summed E-state index contributed by atoms with van der Waals surface area (Å²) in [4.78, 5) is 31.0. The second-order valence-electron chi connectivity index (χ2n) is 13.1. The van der Waals surface area contributed by atoms with Crippen LogP contribution in [0.3, 0.4) is 0 Å². The minimum absolute atomic E-state index is 0.00950.